The predicted octanol–water partition coefficient (Wildman–Crippen LogP) is 4.40. The Hall–Kier alpha value is -3.71. The number of anilines is 1. The minimum absolute atomic E-state index is 0.114. The van der Waals surface area contributed by atoms with Crippen molar-refractivity contribution in [2.75, 3.05) is 31.5 Å². The molecule has 3 heterocycles. The number of nitrogens with zero attached hydrogens (tertiary/aromatic N) is 1. The van der Waals surface area contributed by atoms with Crippen LogP contribution in [0.1, 0.15) is 34.5 Å². The molecule has 1 aromatic heterocycles. The maximum absolute atomic E-state index is 13.4. The van der Waals surface area contributed by atoms with Crippen molar-refractivity contribution in [3.8, 4) is 11.3 Å². The lowest BCUT2D eigenvalue weighted by atomic mass is 10.1. The summed E-state index contributed by atoms with van der Waals surface area (Å²) in [7, 11) is 0. The Balaban J connectivity index is 1.30. The fraction of sp³-hybridized carbons (Fsp3) is 0.231. The van der Waals surface area contributed by atoms with Crippen LogP contribution in [-0.2, 0) is 4.79 Å². The molecule has 3 aromatic rings. The number of nitrogens with one attached hydrogen (secondary N) is 2. The topological polar surface area (TPSA) is 74.6 Å². The van der Waals surface area contributed by atoms with E-state index in [1.807, 2.05) is 12.1 Å². The number of hydrogen-bond acceptors (Lipinski definition) is 4. The monoisotopic (exact) mass is 445 g/mol. The van der Waals surface area contributed by atoms with Gasteiger partial charge in [0.25, 0.3) is 11.8 Å². The molecule has 0 spiro atoms. The van der Waals surface area contributed by atoms with Crippen LogP contribution in [0.2, 0.25) is 0 Å². The van der Waals surface area contributed by atoms with E-state index in [4.69, 9.17) is 4.42 Å². The summed E-state index contributed by atoms with van der Waals surface area (Å²) in [5, 5.41) is 5.65. The van der Waals surface area contributed by atoms with Crippen molar-refractivity contribution in [2.24, 2.45) is 0 Å². The fourth-order valence-electron chi connectivity index (χ4n) is 4.29. The van der Waals surface area contributed by atoms with E-state index >= 15 is 0 Å². The Morgan fingerprint density at radius 3 is 2.82 bits per heavy atom. The van der Waals surface area contributed by atoms with Gasteiger partial charge >= 0.3 is 0 Å². The average Bonchev–Trinajstić information content (AvgIpc) is 3.55. The first-order valence-corrected chi connectivity index (χ1v) is 11.1. The van der Waals surface area contributed by atoms with Crippen LogP contribution in [0.3, 0.4) is 0 Å². The van der Waals surface area contributed by atoms with E-state index in [-0.39, 0.29) is 11.8 Å². The van der Waals surface area contributed by atoms with E-state index in [1.54, 1.807) is 36.4 Å². The number of likely N-dealkylation sites (tertiary alicyclic amines) is 1. The number of fused-ring (bicyclic) bond motifs is 1. The van der Waals surface area contributed by atoms with Crippen LogP contribution in [0.5, 0.6) is 0 Å². The Kier molecular flexibility index (Phi) is 5.79. The van der Waals surface area contributed by atoms with E-state index in [2.05, 4.69) is 15.5 Å². The van der Waals surface area contributed by atoms with Crippen LogP contribution in [-0.4, -0.2) is 42.9 Å². The van der Waals surface area contributed by atoms with Crippen molar-refractivity contribution in [1.82, 2.24) is 10.2 Å². The summed E-state index contributed by atoms with van der Waals surface area (Å²) in [6, 6.07) is 15.0. The molecule has 0 bridgehead atoms. The van der Waals surface area contributed by atoms with E-state index in [0.717, 1.165) is 25.2 Å². The second kappa shape index (κ2) is 9.03. The highest BCUT2D eigenvalue weighted by Gasteiger charge is 2.25. The summed E-state index contributed by atoms with van der Waals surface area (Å²) in [6.07, 6.45) is 4.10. The summed E-state index contributed by atoms with van der Waals surface area (Å²) in [6.45, 7) is 3.69. The van der Waals surface area contributed by atoms with Gasteiger partial charge < -0.3 is 20.0 Å². The molecule has 7 heteroatoms. The lowest BCUT2D eigenvalue weighted by Crippen LogP contribution is -2.33. The molecule has 1 saturated heterocycles. The second-order valence-electron chi connectivity index (χ2n) is 8.29. The lowest BCUT2D eigenvalue weighted by Gasteiger charge is -2.14. The molecular weight excluding hydrogens is 421 g/mol. The number of amides is 2. The molecule has 5 rings (SSSR count). The molecule has 2 N–H and O–H groups in total. The van der Waals surface area contributed by atoms with Crippen molar-refractivity contribution in [2.45, 2.75) is 12.8 Å². The largest absolute Gasteiger partial charge is 0.457 e. The second-order valence-corrected chi connectivity index (χ2v) is 8.29. The van der Waals surface area contributed by atoms with Gasteiger partial charge in [0.2, 0.25) is 0 Å². The molecule has 0 radical (unpaired) electrons. The lowest BCUT2D eigenvalue weighted by molar-refractivity contribution is -0.110. The van der Waals surface area contributed by atoms with Crippen molar-refractivity contribution in [3.63, 3.8) is 0 Å². The van der Waals surface area contributed by atoms with Gasteiger partial charge in [0, 0.05) is 29.8 Å². The zero-order valence-corrected chi connectivity index (χ0v) is 18.1. The summed E-state index contributed by atoms with van der Waals surface area (Å²) >= 11 is 0. The molecule has 2 aromatic carbocycles. The van der Waals surface area contributed by atoms with Crippen LogP contribution in [0.4, 0.5) is 10.1 Å². The number of halogens is 1. The number of hydrogen-bond donors (Lipinski definition) is 2. The SMILES string of the molecule is O=C1Nc2cc(F)ccc2/C1=C\c1ccc(-c2cccc(C(=O)NCCN3CCCC3)c2)o1. The van der Waals surface area contributed by atoms with Crippen molar-refractivity contribution < 1.29 is 18.4 Å². The number of carbonyl (C=O) groups excluding carboxylic acids is 2. The van der Waals surface area contributed by atoms with Gasteiger partial charge in [-0.3, -0.25) is 9.59 Å². The number of benzene rings is 2. The van der Waals surface area contributed by atoms with E-state index in [0.29, 0.717) is 40.5 Å². The molecule has 0 saturated carbocycles. The molecule has 2 aliphatic heterocycles. The maximum Gasteiger partial charge on any atom is 0.256 e. The van der Waals surface area contributed by atoms with E-state index in [1.165, 1.54) is 25.0 Å². The van der Waals surface area contributed by atoms with Crippen molar-refractivity contribution in [3.05, 3.63) is 77.3 Å². The Morgan fingerprint density at radius 2 is 1.97 bits per heavy atom. The molecular formula is C26H24FN3O3. The third-order valence-corrected chi connectivity index (χ3v) is 6.00. The first kappa shape index (κ1) is 21.2. The predicted molar refractivity (Wildman–Crippen MR) is 125 cm³/mol. The van der Waals surface area contributed by atoms with Crippen molar-refractivity contribution >= 4 is 29.2 Å². The van der Waals surface area contributed by atoms with E-state index < -0.39 is 5.82 Å². The van der Waals surface area contributed by atoms with Gasteiger partial charge in [-0.05, 0) is 74.5 Å². The summed E-state index contributed by atoms with van der Waals surface area (Å²) in [5.41, 5.74) is 2.83. The smallest absolute Gasteiger partial charge is 0.256 e. The van der Waals surface area contributed by atoms with Crippen LogP contribution in [0, 0.1) is 5.82 Å². The van der Waals surface area contributed by atoms with Gasteiger partial charge in [0.1, 0.15) is 17.3 Å². The van der Waals surface area contributed by atoms with Crippen molar-refractivity contribution in [1.29, 1.82) is 0 Å². The van der Waals surface area contributed by atoms with Crippen LogP contribution >= 0.6 is 0 Å². The molecule has 0 atom stereocenters. The molecule has 6 nitrogen and oxygen atoms in total. The van der Waals surface area contributed by atoms with Gasteiger partial charge in [-0.15, -0.1) is 0 Å². The summed E-state index contributed by atoms with van der Waals surface area (Å²) in [5.74, 6) is 0.257. The normalized spacial score (nSPS) is 16.8. The minimum atomic E-state index is -0.407. The Morgan fingerprint density at radius 1 is 1.12 bits per heavy atom. The highest BCUT2D eigenvalue weighted by Crippen LogP contribution is 2.34. The molecule has 168 valence electrons. The first-order chi connectivity index (χ1) is 16.1. The Bertz CT molecular complexity index is 1240. The molecule has 0 aliphatic carbocycles. The van der Waals surface area contributed by atoms with Crippen LogP contribution < -0.4 is 10.6 Å². The molecule has 2 aliphatic rings. The van der Waals surface area contributed by atoms with Gasteiger partial charge in [-0.1, -0.05) is 12.1 Å². The molecule has 2 amide bonds. The van der Waals surface area contributed by atoms with E-state index in [9.17, 15) is 14.0 Å². The van der Waals surface area contributed by atoms with Gasteiger partial charge in [-0.25, -0.2) is 4.39 Å². The van der Waals surface area contributed by atoms with Gasteiger partial charge in [0.05, 0.1) is 11.3 Å². The fourth-order valence-corrected chi connectivity index (χ4v) is 4.29. The number of rotatable bonds is 6. The molecule has 1 fully saturated rings. The summed E-state index contributed by atoms with van der Waals surface area (Å²) < 4.78 is 19.4. The highest BCUT2D eigenvalue weighted by molar-refractivity contribution is 6.34. The maximum atomic E-state index is 13.4. The molecule has 33 heavy (non-hydrogen) atoms. The van der Waals surface area contributed by atoms with Gasteiger partial charge in [0.15, 0.2) is 0 Å². The van der Waals surface area contributed by atoms with Crippen LogP contribution in [0.25, 0.3) is 23.0 Å². The quantitative estimate of drug-likeness (QED) is 0.552. The average molecular weight is 445 g/mol. The number of furan rings is 1. The third kappa shape index (κ3) is 4.59. The first-order valence-electron chi connectivity index (χ1n) is 11.1. The van der Waals surface area contributed by atoms with Crippen LogP contribution in [0.15, 0.2) is 59.0 Å². The number of carbonyl (C=O) groups is 2. The zero-order chi connectivity index (χ0) is 22.8. The highest BCUT2D eigenvalue weighted by atomic mass is 19.1. The third-order valence-electron chi connectivity index (χ3n) is 6.00. The molecule has 0 unspecified atom stereocenters. The minimum Gasteiger partial charge on any atom is -0.457 e. The standard InChI is InChI=1S/C26H24FN3O3/c27-19-6-8-21-22(26(32)29-23(21)15-19)16-20-7-9-24(33-20)17-4-3-5-18(14-17)25(31)28-10-13-30-11-1-2-12-30/h3-9,14-16H,1-2,10-13H2,(H,28,31)(H,29,32)/b22-16+. The Labute approximate surface area is 191 Å². The zero-order valence-electron chi connectivity index (χ0n) is 18.1. The van der Waals surface area contributed by atoms with Gasteiger partial charge in [-0.2, -0.15) is 0 Å². The summed E-state index contributed by atoms with van der Waals surface area (Å²) in [4.78, 5) is 27.3.